The molecule has 1 aromatic carbocycles. The summed E-state index contributed by atoms with van der Waals surface area (Å²) < 4.78 is 0. The first-order chi connectivity index (χ1) is 5.61. The minimum absolute atomic E-state index is 0. The lowest BCUT2D eigenvalue weighted by Gasteiger charge is -1.97. The summed E-state index contributed by atoms with van der Waals surface area (Å²) in [4.78, 5) is 0. The number of aromatic hydroxyl groups is 1. The van der Waals surface area contributed by atoms with Crippen LogP contribution < -0.4 is 5.73 Å². The Balaban J connectivity index is -0.000000218. The van der Waals surface area contributed by atoms with E-state index in [0.29, 0.717) is 5.69 Å². The Morgan fingerprint density at radius 1 is 1.29 bits per heavy atom. The van der Waals surface area contributed by atoms with Crippen LogP contribution in [0.1, 0.15) is 12.5 Å². The number of benzene rings is 1. The second-order valence-corrected chi connectivity index (χ2v) is 2.36. The molecule has 0 heterocycles. The molecule has 0 amide bonds. The van der Waals surface area contributed by atoms with E-state index in [2.05, 4.69) is 0 Å². The first kappa shape index (κ1) is 19.0. The Morgan fingerprint density at radius 2 is 1.71 bits per heavy atom. The molecule has 0 bridgehead atoms. The Labute approximate surface area is 96.8 Å². The summed E-state index contributed by atoms with van der Waals surface area (Å²) in [6, 6.07) is 5.08. The minimum atomic E-state index is 0. The fourth-order valence-electron chi connectivity index (χ4n) is 0.626. The molecule has 0 unspecified atom stereocenters. The molecule has 0 fully saturated rings. The van der Waals surface area contributed by atoms with Crippen LogP contribution in [-0.4, -0.2) is 16.8 Å². The van der Waals surface area contributed by atoms with Gasteiger partial charge in [-0.2, -0.15) is 0 Å². The summed E-state index contributed by atoms with van der Waals surface area (Å²) in [5.74, 6) is 0.259. The lowest BCUT2D eigenvalue weighted by atomic mass is 10.2. The maximum atomic E-state index is 9.02. The third-order valence-electron chi connectivity index (χ3n) is 1.23. The van der Waals surface area contributed by atoms with Gasteiger partial charge < -0.3 is 15.9 Å². The lowest BCUT2D eigenvalue weighted by Crippen LogP contribution is -1.83. The summed E-state index contributed by atoms with van der Waals surface area (Å²) in [7, 11) is 0. The smallest absolute Gasteiger partial charge is 0.120 e. The number of nitrogen functional groups attached to an aromatic ring is 1. The highest BCUT2D eigenvalue weighted by atomic mass is 35.5. The molecular weight excluding hydrogens is 225 g/mol. The number of hydrogen-bond acceptors (Lipinski definition) is 3. The number of halogens is 2. The molecule has 1 rings (SSSR count). The van der Waals surface area contributed by atoms with Crippen molar-refractivity contribution in [3.05, 3.63) is 23.8 Å². The molecule has 3 nitrogen and oxygen atoms in total. The molecule has 1 aromatic rings. The van der Waals surface area contributed by atoms with E-state index in [1.165, 1.54) is 6.07 Å². The van der Waals surface area contributed by atoms with E-state index >= 15 is 0 Å². The van der Waals surface area contributed by atoms with Crippen LogP contribution in [0.4, 0.5) is 5.69 Å². The van der Waals surface area contributed by atoms with Crippen LogP contribution in [0.5, 0.6) is 5.75 Å². The third-order valence-corrected chi connectivity index (χ3v) is 1.23. The molecule has 0 aliphatic carbocycles. The number of phenols is 1. The van der Waals surface area contributed by atoms with Gasteiger partial charge in [-0.25, -0.2) is 0 Å². The zero-order chi connectivity index (χ0) is 9.56. The topological polar surface area (TPSA) is 66.5 Å². The number of anilines is 1. The molecule has 14 heavy (non-hydrogen) atoms. The van der Waals surface area contributed by atoms with Crippen LogP contribution >= 0.6 is 24.8 Å². The molecule has 0 atom stereocenters. The van der Waals surface area contributed by atoms with Crippen molar-refractivity contribution < 1.29 is 10.2 Å². The fourth-order valence-corrected chi connectivity index (χ4v) is 0.626. The Kier molecular flexibility index (Phi) is 14.2. The first-order valence-corrected chi connectivity index (χ1v) is 3.77. The molecule has 84 valence electrons. The van der Waals surface area contributed by atoms with E-state index in [-0.39, 0.29) is 37.2 Å². The van der Waals surface area contributed by atoms with Crippen molar-refractivity contribution in [2.75, 3.05) is 12.3 Å². The van der Waals surface area contributed by atoms with Crippen molar-refractivity contribution in [2.24, 2.45) is 0 Å². The molecule has 0 radical (unpaired) electrons. The van der Waals surface area contributed by atoms with Crippen molar-refractivity contribution >= 4 is 30.5 Å². The second kappa shape index (κ2) is 10.4. The monoisotopic (exact) mass is 241 g/mol. The van der Waals surface area contributed by atoms with Crippen molar-refractivity contribution in [3.63, 3.8) is 0 Å². The van der Waals surface area contributed by atoms with Gasteiger partial charge in [-0.15, -0.1) is 24.8 Å². The van der Waals surface area contributed by atoms with Gasteiger partial charge in [0.2, 0.25) is 0 Å². The zero-order valence-corrected chi connectivity index (χ0v) is 9.86. The molecule has 0 saturated heterocycles. The van der Waals surface area contributed by atoms with Crippen LogP contribution in [0.3, 0.4) is 0 Å². The first-order valence-electron chi connectivity index (χ1n) is 3.77. The van der Waals surface area contributed by atoms with Gasteiger partial charge in [0.1, 0.15) is 5.75 Å². The highest BCUT2D eigenvalue weighted by molar-refractivity contribution is 5.85. The molecule has 5 heteroatoms. The van der Waals surface area contributed by atoms with E-state index < -0.39 is 0 Å². The second-order valence-electron chi connectivity index (χ2n) is 2.36. The number of nitrogens with two attached hydrogens (primary N) is 1. The van der Waals surface area contributed by atoms with Crippen molar-refractivity contribution in [2.45, 2.75) is 13.8 Å². The number of phenolic OH excluding ortho intramolecular Hbond substituents is 1. The summed E-state index contributed by atoms with van der Waals surface area (Å²) >= 11 is 0. The van der Waals surface area contributed by atoms with Crippen molar-refractivity contribution in [1.29, 1.82) is 0 Å². The average Bonchev–Trinajstić information content (AvgIpc) is 1.99. The van der Waals surface area contributed by atoms with Gasteiger partial charge in [0, 0.05) is 18.4 Å². The van der Waals surface area contributed by atoms with Gasteiger partial charge >= 0.3 is 0 Å². The minimum Gasteiger partial charge on any atom is -0.508 e. The number of rotatable bonds is 0. The molecule has 0 aromatic heterocycles. The summed E-state index contributed by atoms with van der Waals surface area (Å²) in [5, 5.41) is 16.6. The van der Waals surface area contributed by atoms with Crippen molar-refractivity contribution in [1.82, 2.24) is 0 Å². The van der Waals surface area contributed by atoms with Gasteiger partial charge in [-0.3, -0.25) is 0 Å². The number of aryl methyl sites for hydroxylation is 1. The van der Waals surface area contributed by atoms with Crippen molar-refractivity contribution in [3.8, 4) is 5.75 Å². The van der Waals surface area contributed by atoms with Gasteiger partial charge in [-0.1, -0.05) is 6.07 Å². The SMILES string of the molecule is CCO.Cc1ccc(N)cc1O.Cl.Cl. The van der Waals surface area contributed by atoms with E-state index in [1.54, 1.807) is 19.1 Å². The molecule has 0 aliphatic rings. The molecular formula is C9H17Cl2NO2. The largest absolute Gasteiger partial charge is 0.508 e. The highest BCUT2D eigenvalue weighted by Gasteiger charge is 1.92. The zero-order valence-electron chi connectivity index (χ0n) is 8.23. The van der Waals surface area contributed by atoms with Gasteiger partial charge in [0.15, 0.2) is 0 Å². The van der Waals surface area contributed by atoms with Crippen LogP contribution in [0.25, 0.3) is 0 Å². The predicted octanol–water partition coefficient (Wildman–Crippen LogP) is 2.13. The van der Waals surface area contributed by atoms with Gasteiger partial charge in [-0.05, 0) is 25.5 Å². The maximum absolute atomic E-state index is 9.02. The third kappa shape index (κ3) is 7.98. The quantitative estimate of drug-likeness (QED) is 0.610. The van der Waals surface area contributed by atoms with Gasteiger partial charge in [0.05, 0.1) is 0 Å². The Hall–Kier alpha value is -0.640. The highest BCUT2D eigenvalue weighted by Crippen LogP contribution is 2.17. The van der Waals surface area contributed by atoms with E-state index in [1.807, 2.05) is 6.92 Å². The maximum Gasteiger partial charge on any atom is 0.120 e. The predicted molar refractivity (Wildman–Crippen MR) is 64.5 cm³/mol. The standard InChI is InChI=1S/C7H9NO.C2H6O.2ClH/c1-5-2-3-6(8)4-7(5)9;1-2-3;;/h2-4,9H,8H2,1H3;3H,2H2,1H3;2*1H. The average molecular weight is 242 g/mol. The van der Waals surface area contributed by atoms with Crippen LogP contribution in [0.2, 0.25) is 0 Å². The number of hydrogen-bond donors (Lipinski definition) is 3. The van der Waals surface area contributed by atoms with E-state index in [4.69, 9.17) is 15.9 Å². The van der Waals surface area contributed by atoms with Crippen LogP contribution in [-0.2, 0) is 0 Å². The summed E-state index contributed by atoms with van der Waals surface area (Å²) in [6.07, 6.45) is 0. The number of aliphatic hydroxyl groups excluding tert-OH is 1. The Morgan fingerprint density at radius 3 is 2.00 bits per heavy atom. The van der Waals surface area contributed by atoms with Gasteiger partial charge in [0.25, 0.3) is 0 Å². The summed E-state index contributed by atoms with van der Waals surface area (Å²) in [6.45, 7) is 3.76. The Bertz CT molecular complexity index is 244. The number of aliphatic hydroxyl groups is 1. The normalized spacial score (nSPS) is 7.36. The molecule has 0 aliphatic heterocycles. The van der Waals surface area contributed by atoms with E-state index in [0.717, 1.165) is 5.56 Å². The van der Waals surface area contributed by atoms with Crippen LogP contribution in [0.15, 0.2) is 18.2 Å². The molecule has 0 spiro atoms. The lowest BCUT2D eigenvalue weighted by molar-refractivity contribution is 0.318. The molecule has 0 saturated carbocycles. The molecule has 4 N–H and O–H groups in total. The van der Waals surface area contributed by atoms with E-state index in [9.17, 15) is 0 Å². The van der Waals surface area contributed by atoms with Crippen LogP contribution in [0, 0.1) is 6.92 Å². The fraction of sp³-hybridized carbons (Fsp3) is 0.333. The summed E-state index contributed by atoms with van der Waals surface area (Å²) in [5.41, 5.74) is 6.81.